The van der Waals surface area contributed by atoms with Crippen LogP contribution in [0, 0.1) is 0 Å². The lowest BCUT2D eigenvalue weighted by Crippen LogP contribution is -2.29. The largest absolute Gasteiger partial charge is 0.0622 e. The Kier molecular flexibility index (Phi) is 6.31. The van der Waals surface area contributed by atoms with Gasteiger partial charge in [-0.2, -0.15) is 0 Å². The van der Waals surface area contributed by atoms with Gasteiger partial charge in [-0.25, -0.2) is 0 Å². The van der Waals surface area contributed by atoms with E-state index >= 15 is 0 Å². The topological polar surface area (TPSA) is 0 Å². The second-order valence-corrected chi connectivity index (χ2v) is 11.3. The molecule has 1 aliphatic rings. The monoisotopic (exact) mass is 546 g/mol. The summed E-state index contributed by atoms with van der Waals surface area (Å²) in [5.41, 5.74) is 12.8. The predicted octanol–water partition coefficient (Wildman–Crippen LogP) is 9.18. The van der Waals surface area contributed by atoms with Crippen molar-refractivity contribution in [2.75, 3.05) is 0 Å². The summed E-state index contributed by atoms with van der Waals surface area (Å²) in [6.07, 6.45) is 0.879. The molecule has 0 heteroatoms. The molecule has 0 fully saturated rings. The van der Waals surface area contributed by atoms with Crippen molar-refractivity contribution in [2.24, 2.45) is 0 Å². The number of fused-ring (bicyclic) bond motifs is 3. The maximum atomic E-state index is 2.31. The SMILES string of the molecule is c1ccc(-c2cccc(-c3ccc(C4=c5ccccc5=C(c5cccc6ccccc56)c5ccccc5C4)cc3)c2)cc1. The van der Waals surface area contributed by atoms with Crippen molar-refractivity contribution in [3.05, 3.63) is 203 Å². The number of hydrogen-bond donors (Lipinski definition) is 0. The highest BCUT2D eigenvalue weighted by atomic mass is 14.2. The van der Waals surface area contributed by atoms with Gasteiger partial charge in [0.15, 0.2) is 0 Å². The normalized spacial score (nSPS) is 12.5. The van der Waals surface area contributed by atoms with E-state index in [1.807, 2.05) is 0 Å². The molecule has 0 aromatic heterocycles. The summed E-state index contributed by atoms with van der Waals surface area (Å²) in [4.78, 5) is 0. The maximum absolute atomic E-state index is 2.31. The molecule has 0 saturated heterocycles. The Bertz CT molecular complexity index is 2230. The van der Waals surface area contributed by atoms with Gasteiger partial charge in [-0.3, -0.25) is 0 Å². The number of rotatable bonds is 4. The quantitative estimate of drug-likeness (QED) is 0.206. The molecule has 0 spiro atoms. The molecule has 7 aromatic rings. The Morgan fingerprint density at radius 2 is 0.907 bits per heavy atom. The van der Waals surface area contributed by atoms with E-state index in [0.717, 1.165) is 6.42 Å². The summed E-state index contributed by atoms with van der Waals surface area (Å²) in [5.74, 6) is 0. The summed E-state index contributed by atoms with van der Waals surface area (Å²) < 4.78 is 0. The lowest BCUT2D eigenvalue weighted by atomic mass is 9.89. The van der Waals surface area contributed by atoms with Gasteiger partial charge in [0.2, 0.25) is 0 Å². The Morgan fingerprint density at radius 1 is 0.349 bits per heavy atom. The smallest absolute Gasteiger partial charge is 0.000750 e. The van der Waals surface area contributed by atoms with E-state index in [1.54, 1.807) is 0 Å². The van der Waals surface area contributed by atoms with Crippen molar-refractivity contribution in [2.45, 2.75) is 6.42 Å². The molecule has 0 nitrogen and oxygen atoms in total. The lowest BCUT2D eigenvalue weighted by molar-refractivity contribution is 1.25. The molecule has 0 saturated carbocycles. The minimum absolute atomic E-state index is 0.879. The molecule has 43 heavy (non-hydrogen) atoms. The fraction of sp³-hybridized carbons (Fsp3) is 0.0233. The molecule has 0 radical (unpaired) electrons. The summed E-state index contributed by atoms with van der Waals surface area (Å²) in [6, 6.07) is 62.0. The minimum atomic E-state index is 0.879. The van der Waals surface area contributed by atoms with Crippen LogP contribution in [0.25, 0.3) is 44.2 Å². The van der Waals surface area contributed by atoms with Crippen LogP contribution in [0.2, 0.25) is 0 Å². The first-order chi connectivity index (χ1) is 21.3. The standard InChI is InChI=1S/C43H30/c1-2-12-30(13-3-1)34-17-10-18-35(28-34)31-24-26-33(27-25-31)42-29-36-15-5-7-20-38(36)43(41-22-9-8-21-39(41)42)40-23-11-16-32-14-4-6-19-37(32)40/h1-28H,29H2. The molecule has 7 aromatic carbocycles. The maximum Gasteiger partial charge on any atom is -0.000750 e. The summed E-state index contributed by atoms with van der Waals surface area (Å²) in [5, 5.41) is 5.15. The van der Waals surface area contributed by atoms with Gasteiger partial charge < -0.3 is 0 Å². The van der Waals surface area contributed by atoms with Gasteiger partial charge in [0.1, 0.15) is 0 Å². The Balaban J connectivity index is 1.32. The van der Waals surface area contributed by atoms with E-state index in [9.17, 15) is 0 Å². The van der Waals surface area contributed by atoms with Crippen LogP contribution < -0.4 is 10.4 Å². The third-order valence-corrected chi connectivity index (χ3v) is 8.77. The number of hydrogen-bond acceptors (Lipinski definition) is 0. The van der Waals surface area contributed by atoms with Crippen molar-refractivity contribution in [1.82, 2.24) is 0 Å². The van der Waals surface area contributed by atoms with Crippen LogP contribution in [-0.4, -0.2) is 0 Å². The van der Waals surface area contributed by atoms with Crippen molar-refractivity contribution < 1.29 is 0 Å². The lowest BCUT2D eigenvalue weighted by Gasteiger charge is -2.15. The fourth-order valence-corrected chi connectivity index (χ4v) is 6.68. The van der Waals surface area contributed by atoms with E-state index in [0.29, 0.717) is 0 Å². The van der Waals surface area contributed by atoms with E-state index in [-0.39, 0.29) is 0 Å². The average molecular weight is 547 g/mol. The molecule has 202 valence electrons. The predicted molar refractivity (Wildman–Crippen MR) is 181 cm³/mol. The van der Waals surface area contributed by atoms with Crippen LogP contribution >= 0.6 is 0 Å². The van der Waals surface area contributed by atoms with Crippen molar-refractivity contribution in [3.63, 3.8) is 0 Å². The summed E-state index contributed by atoms with van der Waals surface area (Å²) in [7, 11) is 0. The molecule has 1 aliphatic carbocycles. The van der Waals surface area contributed by atoms with Gasteiger partial charge in [0.05, 0.1) is 0 Å². The molecule has 0 bridgehead atoms. The van der Waals surface area contributed by atoms with Gasteiger partial charge in [-0.15, -0.1) is 0 Å². The van der Waals surface area contributed by atoms with Crippen LogP contribution in [0.3, 0.4) is 0 Å². The van der Waals surface area contributed by atoms with Crippen LogP contribution in [0.15, 0.2) is 170 Å². The molecule has 0 atom stereocenters. The Hall–Kier alpha value is -5.46. The van der Waals surface area contributed by atoms with Crippen molar-refractivity contribution in [3.8, 4) is 22.3 Å². The van der Waals surface area contributed by atoms with E-state index in [2.05, 4.69) is 170 Å². The van der Waals surface area contributed by atoms with E-state index in [1.165, 1.54) is 76.9 Å². The first-order valence-electron chi connectivity index (χ1n) is 15.0. The highest BCUT2D eigenvalue weighted by Gasteiger charge is 2.19. The second-order valence-electron chi connectivity index (χ2n) is 11.3. The Morgan fingerprint density at radius 3 is 1.74 bits per heavy atom. The van der Waals surface area contributed by atoms with Crippen LogP contribution in [0.1, 0.15) is 22.3 Å². The van der Waals surface area contributed by atoms with E-state index < -0.39 is 0 Å². The van der Waals surface area contributed by atoms with Gasteiger partial charge in [-0.1, -0.05) is 164 Å². The minimum Gasteiger partial charge on any atom is -0.0622 e. The van der Waals surface area contributed by atoms with Crippen LogP contribution in [-0.2, 0) is 6.42 Å². The molecule has 8 rings (SSSR count). The van der Waals surface area contributed by atoms with Crippen LogP contribution in [0.4, 0.5) is 0 Å². The second kappa shape index (κ2) is 10.7. The zero-order valence-corrected chi connectivity index (χ0v) is 23.9. The molecule has 0 amide bonds. The molecular weight excluding hydrogens is 516 g/mol. The fourth-order valence-electron chi connectivity index (χ4n) is 6.68. The first kappa shape index (κ1) is 25.3. The van der Waals surface area contributed by atoms with Gasteiger partial charge >= 0.3 is 0 Å². The van der Waals surface area contributed by atoms with Crippen LogP contribution in [0.5, 0.6) is 0 Å². The number of benzene rings is 7. The third-order valence-electron chi connectivity index (χ3n) is 8.77. The highest BCUT2D eigenvalue weighted by molar-refractivity contribution is 5.98. The van der Waals surface area contributed by atoms with Crippen molar-refractivity contribution >= 4 is 21.9 Å². The average Bonchev–Trinajstić information content (AvgIpc) is 3.23. The molecule has 0 unspecified atom stereocenters. The highest BCUT2D eigenvalue weighted by Crippen LogP contribution is 2.33. The first-order valence-corrected chi connectivity index (χ1v) is 15.0. The third kappa shape index (κ3) is 4.58. The molecular formula is C43H30. The zero-order chi connectivity index (χ0) is 28.6. The molecule has 0 N–H and O–H groups in total. The summed E-state index contributed by atoms with van der Waals surface area (Å²) in [6.45, 7) is 0. The molecule has 0 aliphatic heterocycles. The van der Waals surface area contributed by atoms with E-state index in [4.69, 9.17) is 0 Å². The van der Waals surface area contributed by atoms with Gasteiger partial charge in [0, 0.05) is 0 Å². The zero-order valence-electron chi connectivity index (χ0n) is 23.9. The summed E-state index contributed by atoms with van der Waals surface area (Å²) >= 11 is 0. The molecule has 0 heterocycles. The van der Waals surface area contributed by atoms with Crippen molar-refractivity contribution in [1.29, 1.82) is 0 Å². The van der Waals surface area contributed by atoms with Gasteiger partial charge in [-0.05, 0) is 89.4 Å². The van der Waals surface area contributed by atoms with Gasteiger partial charge in [0.25, 0.3) is 0 Å². The Labute approximate surface area is 252 Å².